The third-order valence-corrected chi connectivity index (χ3v) is 4.85. The molecule has 1 amide bonds. The molecular weight excluding hydrogens is 380 g/mol. The van der Waals surface area contributed by atoms with Crippen LogP contribution in [0.1, 0.15) is 18.8 Å². The average Bonchev–Trinajstić information content (AvgIpc) is 3.40. The molecule has 1 aliphatic heterocycles. The van der Waals surface area contributed by atoms with Gasteiger partial charge in [-0.15, -0.1) is 0 Å². The van der Waals surface area contributed by atoms with Crippen LogP contribution in [0.4, 0.5) is 5.82 Å². The number of hydrogen-bond donors (Lipinski definition) is 5. The first-order valence-corrected chi connectivity index (χ1v) is 9.18. The molecule has 0 bridgehead atoms. The van der Waals surface area contributed by atoms with Crippen LogP contribution < -0.4 is 10.6 Å². The van der Waals surface area contributed by atoms with Gasteiger partial charge in [-0.05, 0) is 13.8 Å². The Morgan fingerprint density at radius 1 is 1.34 bits per heavy atom. The Kier molecular flexibility index (Phi) is 4.90. The van der Waals surface area contributed by atoms with Crippen LogP contribution in [0.15, 0.2) is 12.5 Å². The minimum atomic E-state index is -1.38. The second-order valence-corrected chi connectivity index (χ2v) is 6.70. The molecule has 4 rings (SSSR count). The first-order chi connectivity index (χ1) is 14.0. The average molecular weight is 402 g/mol. The summed E-state index contributed by atoms with van der Waals surface area (Å²) in [7, 11) is 1.71. The van der Waals surface area contributed by atoms with E-state index in [0.717, 1.165) is 5.69 Å². The summed E-state index contributed by atoms with van der Waals surface area (Å²) >= 11 is 0. The van der Waals surface area contributed by atoms with Gasteiger partial charge in [0, 0.05) is 19.3 Å². The number of fused-ring (bicyclic) bond motifs is 1. The van der Waals surface area contributed by atoms with E-state index in [4.69, 9.17) is 4.74 Å². The van der Waals surface area contributed by atoms with Gasteiger partial charge < -0.3 is 25.6 Å². The first kappa shape index (κ1) is 19.2. The molecule has 12 heteroatoms. The van der Waals surface area contributed by atoms with Crippen molar-refractivity contribution in [2.45, 2.75) is 38.4 Å². The lowest BCUT2D eigenvalue weighted by atomic mass is 10.1. The number of aryl methyl sites for hydroxylation is 1. The molecule has 0 saturated carbocycles. The van der Waals surface area contributed by atoms with Crippen LogP contribution >= 0.6 is 0 Å². The number of H-pyrrole nitrogens is 1. The summed E-state index contributed by atoms with van der Waals surface area (Å²) in [5.74, 6) is 0.395. The molecule has 0 radical (unpaired) electrons. The fourth-order valence-electron chi connectivity index (χ4n) is 3.35. The van der Waals surface area contributed by atoms with Gasteiger partial charge in [0.1, 0.15) is 12.2 Å². The van der Waals surface area contributed by atoms with E-state index in [0.29, 0.717) is 34.9 Å². The number of carbonyl (C=O) groups excluding carboxylic acids is 1. The molecule has 5 N–H and O–H groups in total. The van der Waals surface area contributed by atoms with Crippen molar-refractivity contribution in [3.05, 3.63) is 18.2 Å². The highest BCUT2D eigenvalue weighted by molar-refractivity contribution is 5.85. The van der Waals surface area contributed by atoms with Gasteiger partial charge in [0.15, 0.2) is 35.1 Å². The summed E-state index contributed by atoms with van der Waals surface area (Å²) in [6, 6.07) is 0. The minimum Gasteiger partial charge on any atom is -0.387 e. The number of aromatic amines is 1. The molecule has 0 spiro atoms. The number of nitrogens with one attached hydrogen (secondary N) is 3. The third kappa shape index (κ3) is 3.10. The molecule has 1 aliphatic rings. The second kappa shape index (κ2) is 7.39. The zero-order valence-electron chi connectivity index (χ0n) is 16.1. The van der Waals surface area contributed by atoms with E-state index in [1.54, 1.807) is 20.2 Å². The molecule has 29 heavy (non-hydrogen) atoms. The molecule has 12 nitrogen and oxygen atoms in total. The fraction of sp³-hybridized carbons (Fsp3) is 0.471. The van der Waals surface area contributed by atoms with Crippen LogP contribution in [0.3, 0.4) is 0 Å². The van der Waals surface area contributed by atoms with Gasteiger partial charge in [0.25, 0.3) is 5.91 Å². The van der Waals surface area contributed by atoms with Crippen molar-refractivity contribution in [2.24, 2.45) is 0 Å². The summed E-state index contributed by atoms with van der Waals surface area (Å²) in [6.45, 7) is 3.99. The van der Waals surface area contributed by atoms with Crippen molar-refractivity contribution in [2.75, 3.05) is 18.9 Å². The normalized spacial score (nSPS) is 24.2. The summed E-state index contributed by atoms with van der Waals surface area (Å²) in [6.07, 6.45) is -1.91. The number of amides is 1. The third-order valence-electron chi connectivity index (χ3n) is 4.85. The predicted molar refractivity (Wildman–Crippen MR) is 102 cm³/mol. The van der Waals surface area contributed by atoms with Crippen LogP contribution in [0.25, 0.3) is 22.6 Å². The maximum Gasteiger partial charge on any atom is 0.252 e. The monoisotopic (exact) mass is 402 g/mol. The van der Waals surface area contributed by atoms with E-state index in [1.165, 1.54) is 10.9 Å². The Morgan fingerprint density at radius 3 is 2.79 bits per heavy atom. The number of imidazole rings is 1. The second-order valence-electron chi connectivity index (χ2n) is 6.70. The number of carbonyl (C=O) groups is 1. The van der Waals surface area contributed by atoms with E-state index < -0.39 is 30.4 Å². The molecule has 3 aromatic heterocycles. The lowest BCUT2D eigenvalue weighted by molar-refractivity contribution is -0.137. The van der Waals surface area contributed by atoms with Crippen LogP contribution in [0.2, 0.25) is 0 Å². The Labute approximate surface area is 165 Å². The molecule has 1 saturated heterocycles. The minimum absolute atomic E-state index is 0.381. The molecule has 0 aromatic carbocycles. The fourth-order valence-corrected chi connectivity index (χ4v) is 3.35. The van der Waals surface area contributed by atoms with Crippen molar-refractivity contribution >= 4 is 22.9 Å². The Morgan fingerprint density at radius 2 is 2.14 bits per heavy atom. The summed E-state index contributed by atoms with van der Waals surface area (Å²) in [4.78, 5) is 25.5. The molecule has 0 aliphatic carbocycles. The van der Waals surface area contributed by atoms with Gasteiger partial charge in [0.2, 0.25) is 0 Å². The number of ether oxygens (including phenoxy) is 1. The van der Waals surface area contributed by atoms with Gasteiger partial charge in [0.05, 0.1) is 18.1 Å². The smallest absolute Gasteiger partial charge is 0.252 e. The Balaban J connectivity index is 1.78. The van der Waals surface area contributed by atoms with E-state index >= 15 is 0 Å². The van der Waals surface area contributed by atoms with Crippen molar-refractivity contribution in [3.8, 4) is 11.4 Å². The maximum atomic E-state index is 12.1. The van der Waals surface area contributed by atoms with E-state index in [-0.39, 0.29) is 0 Å². The number of rotatable bonds is 5. The molecular formula is C17H22N8O4. The number of likely N-dealkylation sites (N-methyl/N-ethyl adjacent to an activating group) is 1. The van der Waals surface area contributed by atoms with Crippen molar-refractivity contribution in [1.29, 1.82) is 0 Å². The van der Waals surface area contributed by atoms with E-state index in [9.17, 15) is 15.0 Å². The lowest BCUT2D eigenvalue weighted by Crippen LogP contribution is -2.42. The van der Waals surface area contributed by atoms with Crippen LogP contribution in [0, 0.1) is 6.92 Å². The number of nitrogens with zero attached hydrogens (tertiary/aromatic N) is 5. The van der Waals surface area contributed by atoms with Crippen LogP contribution in [-0.4, -0.2) is 77.7 Å². The highest BCUT2D eigenvalue weighted by Gasteiger charge is 2.47. The number of aliphatic hydroxyl groups excluding tert-OH is 2. The van der Waals surface area contributed by atoms with Crippen molar-refractivity contribution < 1.29 is 19.7 Å². The molecule has 1 fully saturated rings. The summed E-state index contributed by atoms with van der Waals surface area (Å²) < 4.78 is 7.18. The highest BCUT2D eigenvalue weighted by Crippen LogP contribution is 2.33. The van der Waals surface area contributed by atoms with Crippen LogP contribution in [0.5, 0.6) is 0 Å². The van der Waals surface area contributed by atoms with Gasteiger partial charge >= 0.3 is 0 Å². The number of hydrogen-bond acceptors (Lipinski definition) is 9. The van der Waals surface area contributed by atoms with E-state index in [2.05, 4.69) is 35.8 Å². The quantitative estimate of drug-likeness (QED) is 0.372. The molecule has 154 valence electrons. The van der Waals surface area contributed by atoms with Gasteiger partial charge in [-0.1, -0.05) is 0 Å². The topological polar surface area (TPSA) is 163 Å². The zero-order valence-corrected chi connectivity index (χ0v) is 16.1. The molecule has 4 unspecified atom stereocenters. The lowest BCUT2D eigenvalue weighted by Gasteiger charge is -2.17. The maximum absolute atomic E-state index is 12.1. The highest BCUT2D eigenvalue weighted by atomic mass is 16.6. The van der Waals surface area contributed by atoms with Crippen LogP contribution in [-0.2, 0) is 9.53 Å². The van der Waals surface area contributed by atoms with Gasteiger partial charge in [-0.3, -0.25) is 14.5 Å². The summed E-state index contributed by atoms with van der Waals surface area (Å²) in [5, 5.41) is 33.3. The van der Waals surface area contributed by atoms with Gasteiger partial charge in [-0.25, -0.2) is 15.0 Å². The Bertz CT molecular complexity index is 1050. The number of aromatic nitrogens is 6. The molecule has 4 heterocycles. The van der Waals surface area contributed by atoms with Crippen molar-refractivity contribution in [1.82, 2.24) is 35.0 Å². The zero-order chi connectivity index (χ0) is 20.7. The first-order valence-electron chi connectivity index (χ1n) is 9.18. The molecule has 3 aromatic rings. The molecule has 4 atom stereocenters. The number of anilines is 1. The van der Waals surface area contributed by atoms with Gasteiger partial charge in [-0.2, -0.15) is 5.10 Å². The largest absolute Gasteiger partial charge is 0.387 e. The predicted octanol–water partition coefficient (Wildman–Crippen LogP) is -0.678. The van der Waals surface area contributed by atoms with E-state index in [1.807, 2.05) is 6.92 Å². The summed E-state index contributed by atoms with van der Waals surface area (Å²) in [5.41, 5.74) is 2.35. The Hall–Kier alpha value is -3.09. The SMILES string of the molecule is CCNC(=O)C1OC(n2cnc3c(NC)nc(-c4cn[nH]c4C)nc32)C(O)C1O. The van der Waals surface area contributed by atoms with Crippen molar-refractivity contribution in [3.63, 3.8) is 0 Å². The standard InChI is InChI=1S/C17H22N8O4/c1-4-19-16(28)12-10(26)11(27)17(29-12)25-6-20-9-14(18-3)22-13(23-15(9)25)8-5-21-24-7(8)2/h5-6,10-12,17,26-27H,4H2,1-3H3,(H,19,28)(H,21,24)(H,18,22,23). The number of aliphatic hydroxyl groups is 2.